The molecule has 102 valence electrons. The fourth-order valence-corrected chi connectivity index (χ4v) is 1.90. The van der Waals surface area contributed by atoms with Crippen LogP contribution < -0.4 is 10.5 Å². The van der Waals surface area contributed by atoms with E-state index in [1.54, 1.807) is 7.11 Å². The lowest BCUT2D eigenvalue weighted by molar-refractivity contribution is 0.355. The molecule has 1 heterocycles. The standard InChI is InChI=1S/C14H19N3O2/c1-9-4-5-11(12(8-9)18-3)13-16-14(19-17-13)10(2)6-7-15/h4-5,8,10H,6-7,15H2,1-3H3. The summed E-state index contributed by atoms with van der Waals surface area (Å²) in [6.07, 6.45) is 0.826. The third-order valence-electron chi connectivity index (χ3n) is 3.06. The molecule has 1 unspecified atom stereocenters. The van der Waals surface area contributed by atoms with Gasteiger partial charge in [-0.1, -0.05) is 18.1 Å². The van der Waals surface area contributed by atoms with E-state index in [2.05, 4.69) is 10.1 Å². The van der Waals surface area contributed by atoms with E-state index in [1.165, 1.54) is 0 Å². The summed E-state index contributed by atoms with van der Waals surface area (Å²) < 4.78 is 10.6. The summed E-state index contributed by atoms with van der Waals surface area (Å²) in [4.78, 5) is 4.42. The second kappa shape index (κ2) is 5.84. The van der Waals surface area contributed by atoms with Crippen molar-refractivity contribution >= 4 is 0 Å². The Bertz CT molecular complexity index is 551. The Kier molecular flexibility index (Phi) is 4.16. The van der Waals surface area contributed by atoms with Crippen LogP contribution in [0.4, 0.5) is 0 Å². The number of nitrogens with zero attached hydrogens (tertiary/aromatic N) is 2. The molecule has 5 heteroatoms. The number of rotatable bonds is 5. The van der Waals surface area contributed by atoms with Crippen molar-refractivity contribution in [3.8, 4) is 17.1 Å². The van der Waals surface area contributed by atoms with Crippen molar-refractivity contribution in [1.82, 2.24) is 10.1 Å². The Morgan fingerprint density at radius 3 is 2.89 bits per heavy atom. The predicted octanol–water partition coefficient (Wildman–Crippen LogP) is 2.51. The van der Waals surface area contributed by atoms with Gasteiger partial charge in [-0.2, -0.15) is 4.98 Å². The van der Waals surface area contributed by atoms with Crippen LogP contribution in [-0.2, 0) is 0 Å². The molecule has 0 radical (unpaired) electrons. The second-order valence-electron chi connectivity index (χ2n) is 4.64. The van der Waals surface area contributed by atoms with Gasteiger partial charge in [0, 0.05) is 5.92 Å². The van der Waals surface area contributed by atoms with E-state index >= 15 is 0 Å². The molecule has 0 saturated carbocycles. The number of aromatic nitrogens is 2. The Morgan fingerprint density at radius 1 is 1.42 bits per heavy atom. The molecule has 2 N–H and O–H groups in total. The number of aryl methyl sites for hydroxylation is 1. The summed E-state index contributed by atoms with van der Waals surface area (Å²) in [5.74, 6) is 2.08. The number of nitrogens with two attached hydrogens (primary N) is 1. The second-order valence-corrected chi connectivity index (χ2v) is 4.64. The van der Waals surface area contributed by atoms with Gasteiger partial charge in [-0.3, -0.25) is 0 Å². The van der Waals surface area contributed by atoms with Crippen molar-refractivity contribution in [2.24, 2.45) is 5.73 Å². The zero-order valence-electron chi connectivity index (χ0n) is 11.5. The molecule has 0 aliphatic carbocycles. The summed E-state index contributed by atoms with van der Waals surface area (Å²) in [6, 6.07) is 5.89. The molecule has 0 saturated heterocycles. The smallest absolute Gasteiger partial charge is 0.229 e. The molecule has 1 atom stereocenters. The Balaban J connectivity index is 2.32. The van der Waals surface area contributed by atoms with Crippen molar-refractivity contribution in [3.05, 3.63) is 29.7 Å². The zero-order valence-corrected chi connectivity index (χ0v) is 11.5. The molecular weight excluding hydrogens is 242 g/mol. The first-order valence-electron chi connectivity index (χ1n) is 6.34. The van der Waals surface area contributed by atoms with E-state index in [0.29, 0.717) is 18.3 Å². The van der Waals surface area contributed by atoms with Gasteiger partial charge in [-0.25, -0.2) is 0 Å². The van der Waals surface area contributed by atoms with E-state index < -0.39 is 0 Å². The quantitative estimate of drug-likeness (QED) is 0.895. The number of hydrogen-bond acceptors (Lipinski definition) is 5. The van der Waals surface area contributed by atoms with Crippen LogP contribution in [0.5, 0.6) is 5.75 Å². The Hall–Kier alpha value is -1.88. The molecular formula is C14H19N3O2. The zero-order chi connectivity index (χ0) is 13.8. The number of hydrogen-bond donors (Lipinski definition) is 1. The van der Waals surface area contributed by atoms with Gasteiger partial charge in [0.2, 0.25) is 11.7 Å². The van der Waals surface area contributed by atoms with Gasteiger partial charge in [0.15, 0.2) is 0 Å². The van der Waals surface area contributed by atoms with Gasteiger partial charge in [0.25, 0.3) is 0 Å². The maximum atomic E-state index is 5.54. The normalized spacial score (nSPS) is 12.4. The van der Waals surface area contributed by atoms with Gasteiger partial charge < -0.3 is 15.0 Å². The number of benzene rings is 1. The fraction of sp³-hybridized carbons (Fsp3) is 0.429. The van der Waals surface area contributed by atoms with Gasteiger partial charge in [0.1, 0.15) is 5.75 Å². The van der Waals surface area contributed by atoms with Gasteiger partial charge in [-0.05, 0) is 37.6 Å². The van der Waals surface area contributed by atoms with Gasteiger partial charge >= 0.3 is 0 Å². The van der Waals surface area contributed by atoms with E-state index in [1.807, 2.05) is 32.0 Å². The van der Waals surface area contributed by atoms with Crippen molar-refractivity contribution in [2.75, 3.05) is 13.7 Å². The lowest BCUT2D eigenvalue weighted by Gasteiger charge is -2.05. The topological polar surface area (TPSA) is 74.2 Å². The maximum Gasteiger partial charge on any atom is 0.229 e. The van der Waals surface area contributed by atoms with Crippen molar-refractivity contribution in [2.45, 2.75) is 26.2 Å². The lowest BCUT2D eigenvalue weighted by atomic mass is 10.1. The molecule has 2 aromatic rings. The van der Waals surface area contributed by atoms with Crippen LogP contribution in [0.1, 0.15) is 30.7 Å². The van der Waals surface area contributed by atoms with E-state index in [4.69, 9.17) is 15.0 Å². The van der Waals surface area contributed by atoms with Crippen LogP contribution in [0.25, 0.3) is 11.4 Å². The van der Waals surface area contributed by atoms with Gasteiger partial charge in [0.05, 0.1) is 12.7 Å². The highest BCUT2D eigenvalue weighted by Crippen LogP contribution is 2.29. The third-order valence-corrected chi connectivity index (χ3v) is 3.06. The Labute approximate surface area is 112 Å². The maximum absolute atomic E-state index is 5.54. The Morgan fingerprint density at radius 2 is 2.21 bits per heavy atom. The molecule has 0 aliphatic heterocycles. The average molecular weight is 261 g/mol. The summed E-state index contributed by atoms with van der Waals surface area (Å²) in [7, 11) is 1.64. The first kappa shape index (κ1) is 13.5. The van der Waals surface area contributed by atoms with Crippen LogP contribution in [-0.4, -0.2) is 23.8 Å². The molecule has 1 aromatic heterocycles. The molecule has 0 spiro atoms. The van der Waals surface area contributed by atoms with Crippen LogP contribution in [0, 0.1) is 6.92 Å². The van der Waals surface area contributed by atoms with E-state index in [9.17, 15) is 0 Å². The first-order chi connectivity index (χ1) is 9.15. The summed E-state index contributed by atoms with van der Waals surface area (Å²) in [5, 5.41) is 4.02. The molecule has 0 amide bonds. The minimum atomic E-state index is 0.169. The monoisotopic (exact) mass is 261 g/mol. The molecule has 5 nitrogen and oxygen atoms in total. The van der Waals surface area contributed by atoms with Crippen LogP contribution in [0.15, 0.2) is 22.7 Å². The van der Waals surface area contributed by atoms with E-state index in [0.717, 1.165) is 23.3 Å². The summed E-state index contributed by atoms with van der Waals surface area (Å²) >= 11 is 0. The molecule has 0 bridgehead atoms. The highest BCUT2D eigenvalue weighted by atomic mass is 16.5. The van der Waals surface area contributed by atoms with Crippen LogP contribution in [0.2, 0.25) is 0 Å². The third kappa shape index (κ3) is 2.93. The first-order valence-corrected chi connectivity index (χ1v) is 6.34. The summed E-state index contributed by atoms with van der Waals surface area (Å²) in [5.41, 5.74) is 7.50. The van der Waals surface area contributed by atoms with Gasteiger partial charge in [-0.15, -0.1) is 0 Å². The van der Waals surface area contributed by atoms with Crippen LogP contribution in [0.3, 0.4) is 0 Å². The number of methoxy groups -OCH3 is 1. The highest BCUT2D eigenvalue weighted by Gasteiger charge is 2.17. The molecule has 1 aromatic carbocycles. The molecule has 0 aliphatic rings. The fourth-order valence-electron chi connectivity index (χ4n) is 1.90. The SMILES string of the molecule is COc1cc(C)ccc1-c1noc(C(C)CCN)n1. The van der Waals surface area contributed by atoms with Crippen molar-refractivity contribution < 1.29 is 9.26 Å². The molecule has 0 fully saturated rings. The lowest BCUT2D eigenvalue weighted by Crippen LogP contribution is -2.04. The number of ether oxygens (including phenoxy) is 1. The minimum absolute atomic E-state index is 0.169. The summed E-state index contributed by atoms with van der Waals surface area (Å²) in [6.45, 7) is 4.64. The van der Waals surface area contributed by atoms with E-state index in [-0.39, 0.29) is 5.92 Å². The van der Waals surface area contributed by atoms with Crippen molar-refractivity contribution in [1.29, 1.82) is 0 Å². The largest absolute Gasteiger partial charge is 0.496 e. The van der Waals surface area contributed by atoms with Crippen molar-refractivity contribution in [3.63, 3.8) is 0 Å². The molecule has 19 heavy (non-hydrogen) atoms. The minimum Gasteiger partial charge on any atom is -0.496 e. The highest BCUT2D eigenvalue weighted by molar-refractivity contribution is 5.64. The predicted molar refractivity (Wildman–Crippen MR) is 73.1 cm³/mol. The average Bonchev–Trinajstić information content (AvgIpc) is 2.88. The molecule has 2 rings (SSSR count). The van der Waals surface area contributed by atoms with Crippen LogP contribution >= 0.6 is 0 Å².